The van der Waals surface area contributed by atoms with Crippen LogP contribution in [0, 0.1) is 11.3 Å². The molecular weight excluding hydrogens is 503 g/mol. The summed E-state index contributed by atoms with van der Waals surface area (Å²) in [6, 6.07) is 20.9. The van der Waals surface area contributed by atoms with Gasteiger partial charge in [0.05, 0.1) is 16.8 Å². The Kier molecular flexibility index (Phi) is 7.70. The zero-order chi connectivity index (χ0) is 27.2. The summed E-state index contributed by atoms with van der Waals surface area (Å²) in [4.78, 5) is 15.7. The summed E-state index contributed by atoms with van der Waals surface area (Å²) in [6.45, 7) is 2.97. The molecule has 2 aromatic carbocycles. The van der Waals surface area contributed by atoms with E-state index in [-0.39, 0.29) is 11.4 Å². The van der Waals surface area contributed by atoms with Crippen LogP contribution in [0.25, 0.3) is 11.4 Å². The average molecular weight is 530 g/mol. The highest BCUT2D eigenvalue weighted by atomic mass is 19.4. The normalized spacial score (nSPS) is 13.4. The van der Waals surface area contributed by atoms with E-state index in [9.17, 15) is 13.2 Å². The van der Waals surface area contributed by atoms with Crippen LogP contribution < -0.4 is 10.6 Å². The molecule has 0 atom stereocenters. The second kappa shape index (κ2) is 11.5. The molecule has 198 valence electrons. The molecule has 0 spiro atoms. The maximum Gasteiger partial charge on any atom is 0.417 e. The first kappa shape index (κ1) is 26.1. The molecule has 0 aliphatic carbocycles. The molecule has 0 radical (unpaired) electrons. The molecule has 4 aromatic rings. The van der Waals surface area contributed by atoms with Crippen molar-refractivity contribution in [1.29, 1.82) is 5.26 Å². The molecule has 3 heterocycles. The van der Waals surface area contributed by atoms with Crippen molar-refractivity contribution in [1.82, 2.24) is 19.9 Å². The summed E-state index contributed by atoms with van der Waals surface area (Å²) in [5.74, 6) is 1.21. The lowest BCUT2D eigenvalue weighted by Gasteiger charge is -2.29. The van der Waals surface area contributed by atoms with Crippen LogP contribution >= 0.6 is 0 Å². The highest BCUT2D eigenvalue weighted by molar-refractivity contribution is 5.64. The summed E-state index contributed by atoms with van der Waals surface area (Å²) < 4.78 is 41.5. The van der Waals surface area contributed by atoms with Crippen molar-refractivity contribution in [2.45, 2.75) is 25.7 Å². The van der Waals surface area contributed by atoms with E-state index in [4.69, 9.17) is 5.26 Å². The number of fused-ring (bicyclic) bond motifs is 1. The zero-order valence-electron chi connectivity index (χ0n) is 21.0. The number of nitrogens with one attached hydrogen (secondary N) is 2. The number of halogens is 3. The van der Waals surface area contributed by atoms with E-state index in [2.05, 4.69) is 42.6 Å². The molecule has 0 saturated carbocycles. The molecular formula is C29H26F3N7. The van der Waals surface area contributed by atoms with Crippen LogP contribution in [0.15, 0.2) is 72.9 Å². The Hall–Kier alpha value is -4.49. The van der Waals surface area contributed by atoms with Gasteiger partial charge in [0.15, 0.2) is 5.82 Å². The fraction of sp³-hybridized carbons (Fsp3) is 0.241. The van der Waals surface area contributed by atoms with Gasteiger partial charge in [-0.25, -0.2) is 15.0 Å². The van der Waals surface area contributed by atoms with Gasteiger partial charge in [0.1, 0.15) is 17.7 Å². The van der Waals surface area contributed by atoms with Crippen molar-refractivity contribution in [3.8, 4) is 17.5 Å². The van der Waals surface area contributed by atoms with Crippen molar-refractivity contribution in [3.63, 3.8) is 0 Å². The second-order valence-corrected chi connectivity index (χ2v) is 9.21. The molecule has 1 aliphatic heterocycles. The molecule has 2 N–H and O–H groups in total. The van der Waals surface area contributed by atoms with Gasteiger partial charge in [-0.1, -0.05) is 48.5 Å². The molecule has 7 nitrogen and oxygen atoms in total. The fourth-order valence-electron chi connectivity index (χ4n) is 4.59. The summed E-state index contributed by atoms with van der Waals surface area (Å²) >= 11 is 0. The van der Waals surface area contributed by atoms with Crippen molar-refractivity contribution >= 4 is 11.6 Å². The van der Waals surface area contributed by atoms with Gasteiger partial charge < -0.3 is 10.6 Å². The van der Waals surface area contributed by atoms with Crippen LogP contribution in [-0.2, 0) is 25.7 Å². The van der Waals surface area contributed by atoms with E-state index in [1.165, 1.54) is 23.9 Å². The molecule has 0 bridgehead atoms. The van der Waals surface area contributed by atoms with Crippen molar-refractivity contribution in [2.24, 2.45) is 0 Å². The second-order valence-electron chi connectivity index (χ2n) is 9.21. The van der Waals surface area contributed by atoms with Crippen LogP contribution in [0.1, 0.15) is 27.9 Å². The Morgan fingerprint density at radius 1 is 0.923 bits per heavy atom. The van der Waals surface area contributed by atoms with E-state index < -0.39 is 11.7 Å². The lowest BCUT2D eigenvalue weighted by Crippen LogP contribution is -2.32. The van der Waals surface area contributed by atoms with E-state index in [0.29, 0.717) is 43.3 Å². The number of benzene rings is 2. The first-order chi connectivity index (χ1) is 18.9. The Bertz CT molecular complexity index is 1470. The number of alkyl halides is 3. The van der Waals surface area contributed by atoms with Crippen LogP contribution in [0.2, 0.25) is 0 Å². The molecule has 2 aromatic heterocycles. The van der Waals surface area contributed by atoms with E-state index in [0.717, 1.165) is 30.4 Å². The Morgan fingerprint density at radius 2 is 1.69 bits per heavy atom. The molecule has 0 fully saturated rings. The maximum absolute atomic E-state index is 13.8. The molecule has 0 saturated heterocycles. The van der Waals surface area contributed by atoms with Crippen molar-refractivity contribution in [3.05, 3.63) is 101 Å². The van der Waals surface area contributed by atoms with Crippen molar-refractivity contribution < 1.29 is 13.2 Å². The highest BCUT2D eigenvalue weighted by Gasteiger charge is 2.34. The third-order valence-electron chi connectivity index (χ3n) is 6.48. The molecule has 5 rings (SSSR count). The van der Waals surface area contributed by atoms with Gasteiger partial charge in [-0.15, -0.1) is 0 Å². The number of hydrogen-bond acceptors (Lipinski definition) is 7. The first-order valence-corrected chi connectivity index (χ1v) is 12.6. The van der Waals surface area contributed by atoms with Crippen LogP contribution in [0.5, 0.6) is 0 Å². The number of aromatic nitrogens is 3. The minimum atomic E-state index is -4.53. The third-order valence-corrected chi connectivity index (χ3v) is 6.48. The van der Waals surface area contributed by atoms with Gasteiger partial charge in [0.25, 0.3) is 0 Å². The number of nitrogens with zero attached hydrogens (tertiary/aromatic N) is 5. The monoisotopic (exact) mass is 529 g/mol. The highest BCUT2D eigenvalue weighted by Crippen LogP contribution is 2.37. The van der Waals surface area contributed by atoms with Gasteiger partial charge in [-0.05, 0) is 30.2 Å². The van der Waals surface area contributed by atoms with E-state index in [1.54, 1.807) is 18.2 Å². The number of pyridine rings is 1. The minimum Gasteiger partial charge on any atom is -0.368 e. The first-order valence-electron chi connectivity index (χ1n) is 12.6. The lowest BCUT2D eigenvalue weighted by molar-refractivity contribution is -0.137. The number of nitriles is 1. The summed E-state index contributed by atoms with van der Waals surface area (Å²) in [5.41, 5.74) is 2.47. The predicted octanol–water partition coefficient (Wildman–Crippen LogP) is 5.51. The molecule has 0 unspecified atom stereocenters. The fourth-order valence-corrected chi connectivity index (χ4v) is 4.59. The smallest absolute Gasteiger partial charge is 0.368 e. The van der Waals surface area contributed by atoms with E-state index >= 15 is 0 Å². The van der Waals surface area contributed by atoms with Gasteiger partial charge in [-0.3, -0.25) is 4.90 Å². The Balaban J connectivity index is 1.40. The predicted molar refractivity (Wildman–Crippen MR) is 143 cm³/mol. The maximum atomic E-state index is 13.8. The SMILES string of the molecule is N#Cc1ccc(NCCNc2nc(-c3ccccc3C(F)(F)F)nc3c2CCN(Cc2ccccc2)C3)nc1. The van der Waals surface area contributed by atoms with Gasteiger partial charge in [-0.2, -0.15) is 18.4 Å². The number of rotatable bonds is 8. The van der Waals surface area contributed by atoms with Gasteiger partial charge >= 0.3 is 6.18 Å². The topological polar surface area (TPSA) is 89.8 Å². The van der Waals surface area contributed by atoms with E-state index in [1.807, 2.05) is 24.3 Å². The van der Waals surface area contributed by atoms with Gasteiger partial charge in [0.2, 0.25) is 0 Å². The Labute approximate surface area is 224 Å². The number of hydrogen-bond donors (Lipinski definition) is 2. The van der Waals surface area contributed by atoms with Crippen molar-refractivity contribution in [2.75, 3.05) is 30.3 Å². The standard InChI is InChI=1S/C29H26F3N7/c30-29(31,32)24-9-5-4-8-22(24)28-37-25-19-39(18-20-6-2-1-3-7-20)15-12-23(25)27(38-28)35-14-13-34-26-11-10-21(16-33)17-36-26/h1-11,17H,12-15,18-19H2,(H,34,36)(H,35,37,38). The zero-order valence-corrected chi connectivity index (χ0v) is 21.0. The minimum absolute atomic E-state index is 0.0454. The Morgan fingerprint density at radius 3 is 2.44 bits per heavy atom. The molecule has 1 aliphatic rings. The quantitative estimate of drug-likeness (QED) is 0.291. The molecule has 39 heavy (non-hydrogen) atoms. The largest absolute Gasteiger partial charge is 0.417 e. The van der Waals surface area contributed by atoms with Crippen LogP contribution in [0.3, 0.4) is 0 Å². The molecule has 0 amide bonds. The van der Waals surface area contributed by atoms with Crippen LogP contribution in [-0.4, -0.2) is 39.5 Å². The number of anilines is 2. The summed E-state index contributed by atoms with van der Waals surface area (Å²) in [6.07, 6.45) is -2.36. The lowest BCUT2D eigenvalue weighted by atomic mass is 10.0. The van der Waals surface area contributed by atoms with Gasteiger partial charge in [0, 0.05) is 50.0 Å². The third kappa shape index (κ3) is 6.33. The molecule has 10 heteroatoms. The summed E-state index contributed by atoms with van der Waals surface area (Å²) in [7, 11) is 0. The van der Waals surface area contributed by atoms with Crippen LogP contribution in [0.4, 0.5) is 24.8 Å². The average Bonchev–Trinajstić information content (AvgIpc) is 2.95. The summed E-state index contributed by atoms with van der Waals surface area (Å²) in [5, 5.41) is 15.4.